The predicted octanol–water partition coefficient (Wildman–Crippen LogP) is 0.795. The van der Waals surface area contributed by atoms with E-state index in [0.717, 1.165) is 17.5 Å². The summed E-state index contributed by atoms with van der Waals surface area (Å²) in [5, 5.41) is 9.09. The molecule has 0 spiro atoms. The van der Waals surface area contributed by atoms with E-state index in [1.54, 1.807) is 13.8 Å². The highest BCUT2D eigenvalue weighted by Gasteiger charge is 2.26. The largest absolute Gasteiger partial charge is 0.478 e. The molecule has 0 unspecified atom stereocenters. The van der Waals surface area contributed by atoms with Crippen molar-refractivity contribution in [1.82, 2.24) is 4.31 Å². The highest BCUT2D eigenvalue weighted by Crippen LogP contribution is 2.23. The van der Waals surface area contributed by atoms with E-state index in [1.165, 1.54) is 13.1 Å². The number of carboxylic acids is 1. The molecule has 0 bridgehead atoms. The first-order valence-electron chi connectivity index (χ1n) is 5.99. The number of carbonyl (C=O) groups excluding carboxylic acids is 1. The second kappa shape index (κ2) is 6.23. The number of rotatable bonds is 5. The highest BCUT2D eigenvalue weighted by molar-refractivity contribution is 7.89. The van der Waals surface area contributed by atoms with Crippen molar-refractivity contribution in [3.63, 3.8) is 0 Å². The molecule has 0 fully saturated rings. The zero-order valence-electron chi connectivity index (χ0n) is 12.2. The molecule has 21 heavy (non-hydrogen) atoms. The Bertz CT molecular complexity index is 680. The van der Waals surface area contributed by atoms with E-state index >= 15 is 0 Å². The van der Waals surface area contributed by atoms with Crippen LogP contribution in [0.15, 0.2) is 17.0 Å². The van der Waals surface area contributed by atoms with Crippen LogP contribution in [0.3, 0.4) is 0 Å². The van der Waals surface area contributed by atoms with E-state index < -0.39 is 28.5 Å². The Kier molecular flexibility index (Phi) is 5.08. The molecule has 0 atom stereocenters. The van der Waals surface area contributed by atoms with Crippen LogP contribution in [0.4, 0.5) is 0 Å². The van der Waals surface area contributed by atoms with Crippen molar-refractivity contribution in [3.8, 4) is 0 Å². The number of likely N-dealkylation sites (N-methyl/N-ethyl adjacent to an activating group) is 1. The van der Waals surface area contributed by atoms with Crippen LogP contribution in [0.1, 0.15) is 21.5 Å². The minimum atomic E-state index is -3.98. The van der Waals surface area contributed by atoms with Gasteiger partial charge in [0.15, 0.2) is 0 Å². The van der Waals surface area contributed by atoms with E-state index in [9.17, 15) is 18.0 Å². The van der Waals surface area contributed by atoms with Gasteiger partial charge in [0, 0.05) is 7.05 Å². The first-order valence-corrected chi connectivity index (χ1v) is 7.43. The van der Waals surface area contributed by atoms with Gasteiger partial charge in [0.25, 0.3) is 0 Å². The van der Waals surface area contributed by atoms with Crippen molar-refractivity contribution < 1.29 is 27.9 Å². The zero-order chi connectivity index (χ0) is 16.4. The molecule has 0 radical (unpaired) electrons. The van der Waals surface area contributed by atoms with Crippen molar-refractivity contribution >= 4 is 22.0 Å². The van der Waals surface area contributed by atoms with Crippen LogP contribution in [-0.4, -0.2) is 50.5 Å². The molecule has 0 saturated carbocycles. The van der Waals surface area contributed by atoms with Gasteiger partial charge >= 0.3 is 11.9 Å². The average Bonchev–Trinajstić information content (AvgIpc) is 2.37. The number of ether oxygens (including phenoxy) is 1. The quantitative estimate of drug-likeness (QED) is 0.806. The van der Waals surface area contributed by atoms with E-state index in [2.05, 4.69) is 4.74 Å². The van der Waals surface area contributed by atoms with E-state index in [4.69, 9.17) is 5.11 Å². The van der Waals surface area contributed by atoms with Crippen LogP contribution < -0.4 is 0 Å². The summed E-state index contributed by atoms with van der Waals surface area (Å²) in [5.74, 6) is -1.91. The predicted molar refractivity (Wildman–Crippen MR) is 74.7 cm³/mol. The molecular weight excluding hydrogens is 298 g/mol. The lowest BCUT2D eigenvalue weighted by Crippen LogP contribution is -2.33. The summed E-state index contributed by atoms with van der Waals surface area (Å²) in [7, 11) is -1.60. The van der Waals surface area contributed by atoms with Gasteiger partial charge < -0.3 is 9.84 Å². The highest BCUT2D eigenvalue weighted by atomic mass is 32.2. The molecule has 0 aliphatic heterocycles. The number of nitrogens with zero attached hydrogens (tertiary/aromatic N) is 1. The summed E-state index contributed by atoms with van der Waals surface area (Å²) in [6.45, 7) is 2.71. The van der Waals surface area contributed by atoms with Gasteiger partial charge in [0.05, 0.1) is 17.6 Å². The fraction of sp³-hybridized carbons (Fsp3) is 0.385. The number of benzene rings is 1. The van der Waals surface area contributed by atoms with Gasteiger partial charge in [0.1, 0.15) is 6.54 Å². The summed E-state index contributed by atoms with van der Waals surface area (Å²) in [5.41, 5.74) is 0.787. The number of aryl methyl sites for hydroxylation is 2. The monoisotopic (exact) mass is 315 g/mol. The zero-order valence-corrected chi connectivity index (χ0v) is 13.0. The third-order valence-corrected chi connectivity index (χ3v) is 4.97. The molecular formula is C13H17NO6S. The summed E-state index contributed by atoms with van der Waals surface area (Å²) >= 11 is 0. The van der Waals surface area contributed by atoms with Crippen molar-refractivity contribution in [3.05, 3.63) is 28.8 Å². The van der Waals surface area contributed by atoms with Crippen molar-refractivity contribution in [1.29, 1.82) is 0 Å². The second-order valence-electron chi connectivity index (χ2n) is 4.57. The number of carbonyl (C=O) groups is 2. The lowest BCUT2D eigenvalue weighted by atomic mass is 10.1. The Morgan fingerprint density at radius 1 is 1.24 bits per heavy atom. The first kappa shape index (κ1) is 17.1. The fourth-order valence-corrected chi connectivity index (χ4v) is 3.18. The SMILES string of the molecule is COC(=O)CN(C)S(=O)(=O)c1cc(C(=O)O)c(C)cc1C. The van der Waals surface area contributed by atoms with Crippen LogP contribution in [0.2, 0.25) is 0 Å². The molecule has 1 aromatic carbocycles. The van der Waals surface area contributed by atoms with Crippen LogP contribution >= 0.6 is 0 Å². The van der Waals surface area contributed by atoms with Gasteiger partial charge in [-0.25, -0.2) is 13.2 Å². The van der Waals surface area contributed by atoms with Gasteiger partial charge in [-0.05, 0) is 31.0 Å². The minimum absolute atomic E-state index is 0.0920. The maximum absolute atomic E-state index is 12.4. The Hall–Kier alpha value is -1.93. The van der Waals surface area contributed by atoms with Crippen LogP contribution in [0, 0.1) is 13.8 Å². The summed E-state index contributed by atoms with van der Waals surface area (Å²) in [6.07, 6.45) is 0. The molecule has 1 aromatic rings. The van der Waals surface area contributed by atoms with Gasteiger partial charge in [0.2, 0.25) is 10.0 Å². The molecule has 116 valence electrons. The van der Waals surface area contributed by atoms with Gasteiger partial charge in [-0.3, -0.25) is 4.79 Å². The number of aromatic carboxylic acids is 1. The van der Waals surface area contributed by atoms with Crippen molar-refractivity contribution in [2.24, 2.45) is 0 Å². The Labute approximate surface area is 123 Å². The van der Waals surface area contributed by atoms with Crippen molar-refractivity contribution in [2.45, 2.75) is 18.7 Å². The van der Waals surface area contributed by atoms with Crippen LogP contribution in [-0.2, 0) is 19.6 Å². The molecule has 0 saturated heterocycles. The van der Waals surface area contributed by atoms with Gasteiger partial charge in [-0.1, -0.05) is 6.07 Å². The summed E-state index contributed by atoms with van der Waals surface area (Å²) < 4.78 is 30.1. The van der Waals surface area contributed by atoms with Crippen molar-refractivity contribution in [2.75, 3.05) is 20.7 Å². The standard InChI is InChI=1S/C13H17NO6S/c1-8-5-9(2)11(6-10(8)13(16)17)21(18,19)14(3)7-12(15)20-4/h5-6H,7H2,1-4H3,(H,16,17). The smallest absolute Gasteiger partial charge is 0.335 e. The summed E-state index contributed by atoms with van der Waals surface area (Å²) in [4.78, 5) is 22.2. The number of hydrogen-bond acceptors (Lipinski definition) is 5. The second-order valence-corrected chi connectivity index (χ2v) is 6.59. The Morgan fingerprint density at radius 2 is 1.81 bits per heavy atom. The molecule has 0 aliphatic carbocycles. The molecule has 7 nitrogen and oxygen atoms in total. The first-order chi connectivity index (χ1) is 9.61. The van der Waals surface area contributed by atoms with Crippen LogP contribution in [0.25, 0.3) is 0 Å². The third-order valence-electron chi connectivity index (χ3n) is 3.02. The number of carboxylic acid groups (broad SMARTS) is 1. The maximum Gasteiger partial charge on any atom is 0.335 e. The van der Waals surface area contributed by atoms with Gasteiger partial charge in [-0.15, -0.1) is 0 Å². The van der Waals surface area contributed by atoms with Gasteiger partial charge in [-0.2, -0.15) is 4.31 Å². The lowest BCUT2D eigenvalue weighted by Gasteiger charge is -2.18. The lowest BCUT2D eigenvalue weighted by molar-refractivity contribution is -0.140. The van der Waals surface area contributed by atoms with E-state index in [1.807, 2.05) is 0 Å². The van der Waals surface area contributed by atoms with E-state index in [0.29, 0.717) is 11.1 Å². The molecule has 8 heteroatoms. The number of esters is 1. The van der Waals surface area contributed by atoms with E-state index in [-0.39, 0.29) is 10.5 Å². The fourth-order valence-electron chi connectivity index (χ4n) is 1.84. The topological polar surface area (TPSA) is 101 Å². The normalized spacial score (nSPS) is 11.5. The molecule has 0 amide bonds. The number of methoxy groups -OCH3 is 1. The summed E-state index contributed by atoms with van der Waals surface area (Å²) in [6, 6.07) is 2.60. The number of sulfonamides is 1. The molecule has 0 aromatic heterocycles. The molecule has 0 aliphatic rings. The third kappa shape index (κ3) is 3.59. The number of hydrogen-bond donors (Lipinski definition) is 1. The maximum atomic E-state index is 12.4. The average molecular weight is 315 g/mol. The Balaban J connectivity index is 3.34. The minimum Gasteiger partial charge on any atom is -0.478 e. The van der Waals surface area contributed by atoms with Crippen LogP contribution in [0.5, 0.6) is 0 Å². The Morgan fingerprint density at radius 3 is 2.29 bits per heavy atom. The molecule has 1 rings (SSSR count). The molecule has 0 heterocycles. The molecule has 1 N–H and O–H groups in total.